The summed E-state index contributed by atoms with van der Waals surface area (Å²) in [6.07, 6.45) is 3.37. The van der Waals surface area contributed by atoms with Crippen molar-refractivity contribution in [2.45, 2.75) is 56.7 Å². The van der Waals surface area contributed by atoms with Crippen LogP contribution in [0.15, 0.2) is 42.5 Å². The summed E-state index contributed by atoms with van der Waals surface area (Å²) in [5, 5.41) is 9.90. The van der Waals surface area contributed by atoms with Crippen molar-refractivity contribution in [3.05, 3.63) is 64.2 Å². The van der Waals surface area contributed by atoms with Gasteiger partial charge >= 0.3 is 0 Å². The summed E-state index contributed by atoms with van der Waals surface area (Å²) in [6.45, 7) is 1.96. The maximum Gasteiger partial charge on any atom is 0.264 e. The van der Waals surface area contributed by atoms with Crippen LogP contribution in [0.1, 0.15) is 54.3 Å². The van der Waals surface area contributed by atoms with Crippen molar-refractivity contribution in [3.8, 4) is 11.8 Å². The SMILES string of the molecule is CC(CCc1nc2ccc(C#Cc3ccc(CO)cc3)cc2s1)(C(=O)NOC1CCCCO1)S(C)(=O)=O. The maximum atomic E-state index is 12.9. The highest BCUT2D eigenvalue weighted by Gasteiger charge is 2.44. The number of hydroxylamine groups is 1. The second-order valence-electron chi connectivity index (χ2n) is 9.24. The summed E-state index contributed by atoms with van der Waals surface area (Å²) in [6, 6.07) is 13.1. The molecule has 4 rings (SSSR count). The molecule has 2 atom stereocenters. The molecule has 196 valence electrons. The number of nitrogens with one attached hydrogen (secondary N) is 1. The lowest BCUT2D eigenvalue weighted by Crippen LogP contribution is -2.51. The number of benzene rings is 2. The van der Waals surface area contributed by atoms with E-state index in [1.165, 1.54) is 18.3 Å². The minimum atomic E-state index is -3.75. The van der Waals surface area contributed by atoms with Gasteiger partial charge in [0, 0.05) is 36.8 Å². The number of amides is 1. The molecule has 1 aliphatic heterocycles. The average Bonchev–Trinajstić information content (AvgIpc) is 3.31. The van der Waals surface area contributed by atoms with Crippen LogP contribution < -0.4 is 5.48 Å². The van der Waals surface area contributed by atoms with E-state index in [0.29, 0.717) is 19.4 Å². The minimum Gasteiger partial charge on any atom is -0.392 e. The molecule has 0 bridgehead atoms. The average molecular weight is 543 g/mol. The molecule has 0 saturated carbocycles. The minimum absolute atomic E-state index is 0.00466. The number of nitrogens with zero attached hydrogens (tertiary/aromatic N) is 1. The van der Waals surface area contributed by atoms with E-state index in [-0.39, 0.29) is 13.0 Å². The van der Waals surface area contributed by atoms with Gasteiger partial charge in [-0.2, -0.15) is 0 Å². The number of hydrogen-bond donors (Lipinski definition) is 2. The Labute approximate surface area is 220 Å². The van der Waals surface area contributed by atoms with E-state index in [2.05, 4.69) is 22.3 Å². The highest BCUT2D eigenvalue weighted by atomic mass is 32.2. The third-order valence-electron chi connectivity index (χ3n) is 6.46. The Hall–Kier alpha value is -2.81. The molecule has 3 aromatic rings. The first kappa shape index (κ1) is 27.2. The number of fused-ring (bicyclic) bond motifs is 1. The predicted octanol–water partition coefficient (Wildman–Crippen LogP) is 3.50. The molecule has 0 spiro atoms. The fourth-order valence-corrected chi connectivity index (χ4v) is 5.70. The van der Waals surface area contributed by atoms with Crippen LogP contribution in [0.3, 0.4) is 0 Å². The van der Waals surface area contributed by atoms with Crippen molar-refractivity contribution in [2.24, 2.45) is 0 Å². The van der Waals surface area contributed by atoms with E-state index >= 15 is 0 Å². The van der Waals surface area contributed by atoms with Gasteiger partial charge in [-0.25, -0.2) is 23.7 Å². The van der Waals surface area contributed by atoms with E-state index in [9.17, 15) is 13.2 Å². The van der Waals surface area contributed by atoms with E-state index in [1.54, 1.807) is 0 Å². The van der Waals surface area contributed by atoms with Gasteiger partial charge in [-0.1, -0.05) is 24.0 Å². The fraction of sp³-hybridized carbons (Fsp3) is 0.407. The molecular weight excluding hydrogens is 512 g/mol. The van der Waals surface area contributed by atoms with Crippen LogP contribution in [0.5, 0.6) is 0 Å². The number of thiazole rings is 1. The fourth-order valence-electron chi connectivity index (χ4n) is 3.84. The van der Waals surface area contributed by atoms with Gasteiger partial charge < -0.3 is 9.84 Å². The van der Waals surface area contributed by atoms with Gasteiger partial charge in [0.15, 0.2) is 16.1 Å². The summed E-state index contributed by atoms with van der Waals surface area (Å²) in [5.41, 5.74) is 5.62. The largest absolute Gasteiger partial charge is 0.392 e. The van der Waals surface area contributed by atoms with Gasteiger partial charge in [-0.3, -0.25) is 4.79 Å². The first-order valence-corrected chi connectivity index (χ1v) is 14.8. The number of aromatic nitrogens is 1. The second kappa shape index (κ2) is 11.7. The summed E-state index contributed by atoms with van der Waals surface area (Å²) < 4.78 is 29.9. The lowest BCUT2D eigenvalue weighted by atomic mass is 10.0. The van der Waals surface area contributed by atoms with Crippen LogP contribution in [-0.4, -0.2) is 48.3 Å². The normalized spacial score (nSPS) is 17.5. The molecule has 1 saturated heterocycles. The van der Waals surface area contributed by atoms with Crippen LogP contribution in [0, 0.1) is 11.8 Å². The number of carbonyl (C=O) groups is 1. The summed E-state index contributed by atoms with van der Waals surface area (Å²) in [5.74, 6) is 5.54. The first-order valence-electron chi connectivity index (χ1n) is 12.1. The number of sulfone groups is 1. The standard InChI is InChI=1S/C27H30N2O6S2/c1-27(37(2,32)33,26(31)29-35-25-5-3-4-16-34-25)15-14-24-28-22-13-12-20(17-23(22)36-24)9-6-19-7-10-21(18-30)11-8-19/h7-8,10-13,17,25,30H,3-5,14-16,18H2,1-2H3,(H,29,31). The monoisotopic (exact) mass is 542 g/mol. The zero-order valence-corrected chi connectivity index (χ0v) is 22.5. The Morgan fingerprint density at radius 3 is 2.62 bits per heavy atom. The van der Waals surface area contributed by atoms with Gasteiger partial charge in [0.2, 0.25) is 0 Å². The third-order valence-corrected chi connectivity index (χ3v) is 9.56. The molecule has 37 heavy (non-hydrogen) atoms. The lowest BCUT2D eigenvalue weighted by molar-refractivity contribution is -0.201. The highest BCUT2D eigenvalue weighted by molar-refractivity contribution is 7.92. The molecular formula is C27H30N2O6S2. The van der Waals surface area contributed by atoms with E-state index in [1.807, 2.05) is 42.5 Å². The Balaban J connectivity index is 1.44. The van der Waals surface area contributed by atoms with Gasteiger partial charge in [0.1, 0.15) is 4.75 Å². The number of aliphatic hydroxyl groups excluding tert-OH is 1. The molecule has 8 nitrogen and oxygen atoms in total. The van der Waals surface area contributed by atoms with Crippen molar-refractivity contribution in [3.63, 3.8) is 0 Å². The second-order valence-corrected chi connectivity index (χ2v) is 12.8. The van der Waals surface area contributed by atoms with E-state index < -0.39 is 26.8 Å². The first-order chi connectivity index (χ1) is 17.7. The van der Waals surface area contributed by atoms with Crippen LogP contribution in [-0.2, 0) is 37.2 Å². The highest BCUT2D eigenvalue weighted by Crippen LogP contribution is 2.28. The van der Waals surface area contributed by atoms with Crippen molar-refractivity contribution in [2.75, 3.05) is 12.9 Å². The van der Waals surface area contributed by atoms with Crippen molar-refractivity contribution in [1.82, 2.24) is 10.5 Å². The zero-order valence-electron chi connectivity index (χ0n) is 20.8. The number of aryl methyl sites for hydroxylation is 1. The Bertz CT molecular complexity index is 1420. The van der Waals surface area contributed by atoms with Crippen molar-refractivity contribution in [1.29, 1.82) is 0 Å². The smallest absolute Gasteiger partial charge is 0.264 e. The van der Waals surface area contributed by atoms with Gasteiger partial charge in [-0.15, -0.1) is 11.3 Å². The molecule has 2 N–H and O–H groups in total. The summed E-state index contributed by atoms with van der Waals surface area (Å²) in [7, 11) is -3.75. The van der Waals surface area contributed by atoms with Crippen LogP contribution in [0.2, 0.25) is 0 Å². The molecule has 0 aliphatic carbocycles. The number of aliphatic hydroxyl groups is 1. The Kier molecular flexibility index (Phi) is 8.62. The predicted molar refractivity (Wildman–Crippen MR) is 142 cm³/mol. The number of hydrogen-bond acceptors (Lipinski definition) is 8. The Morgan fingerprint density at radius 1 is 1.22 bits per heavy atom. The third kappa shape index (κ3) is 6.74. The van der Waals surface area contributed by atoms with Gasteiger partial charge in [-0.05, 0) is 62.1 Å². The molecule has 1 amide bonds. The van der Waals surface area contributed by atoms with E-state index in [0.717, 1.165) is 51.0 Å². The van der Waals surface area contributed by atoms with Gasteiger partial charge in [0.05, 0.1) is 21.8 Å². The quantitative estimate of drug-likeness (QED) is 0.331. The molecule has 2 unspecified atom stereocenters. The van der Waals surface area contributed by atoms with Gasteiger partial charge in [0.25, 0.3) is 5.91 Å². The molecule has 1 aromatic heterocycles. The topological polar surface area (TPSA) is 115 Å². The molecule has 1 fully saturated rings. The van der Waals surface area contributed by atoms with Crippen LogP contribution in [0.25, 0.3) is 10.2 Å². The van der Waals surface area contributed by atoms with Crippen molar-refractivity contribution < 1.29 is 27.9 Å². The maximum absolute atomic E-state index is 12.9. The lowest BCUT2D eigenvalue weighted by Gasteiger charge is -2.28. The van der Waals surface area contributed by atoms with Crippen LogP contribution in [0.4, 0.5) is 0 Å². The number of ether oxygens (including phenoxy) is 1. The van der Waals surface area contributed by atoms with E-state index in [4.69, 9.17) is 14.7 Å². The van der Waals surface area contributed by atoms with Crippen LogP contribution >= 0.6 is 11.3 Å². The molecule has 1 aliphatic rings. The molecule has 2 heterocycles. The van der Waals surface area contributed by atoms with Crippen molar-refractivity contribution >= 4 is 37.3 Å². The number of rotatable bonds is 8. The summed E-state index contributed by atoms with van der Waals surface area (Å²) >= 11 is 1.45. The Morgan fingerprint density at radius 2 is 1.95 bits per heavy atom. The molecule has 10 heteroatoms. The summed E-state index contributed by atoms with van der Waals surface area (Å²) in [4.78, 5) is 22.9. The molecule has 2 aromatic carbocycles. The zero-order chi connectivity index (χ0) is 26.5. The number of carbonyl (C=O) groups excluding carboxylic acids is 1. The molecule has 0 radical (unpaired) electrons.